The van der Waals surface area contributed by atoms with Crippen molar-refractivity contribution in [2.24, 2.45) is 4.40 Å². The van der Waals surface area contributed by atoms with Crippen molar-refractivity contribution in [2.75, 3.05) is 12.3 Å². The molecule has 0 aromatic carbocycles. The summed E-state index contributed by atoms with van der Waals surface area (Å²) in [5, 5.41) is 0.229. The van der Waals surface area contributed by atoms with Gasteiger partial charge in [-0.2, -0.15) is 8.42 Å². The Bertz CT molecular complexity index is 608. The summed E-state index contributed by atoms with van der Waals surface area (Å²) in [6.07, 6.45) is 0. The number of thioether (sulfide) groups is 1. The average molecular weight is 325 g/mol. The van der Waals surface area contributed by atoms with Gasteiger partial charge in [-0.05, 0) is 19.1 Å². The third-order valence-electron chi connectivity index (χ3n) is 2.17. The summed E-state index contributed by atoms with van der Waals surface area (Å²) in [5.41, 5.74) is 0. The van der Waals surface area contributed by atoms with Gasteiger partial charge in [0.25, 0.3) is 10.0 Å². The van der Waals surface area contributed by atoms with E-state index in [1.54, 1.807) is 6.92 Å². The molecule has 98 valence electrons. The van der Waals surface area contributed by atoms with Crippen LogP contribution in [-0.4, -0.2) is 36.7 Å². The van der Waals surface area contributed by atoms with E-state index in [4.69, 9.17) is 11.6 Å². The molecule has 0 bridgehead atoms. The van der Waals surface area contributed by atoms with E-state index in [0.29, 0.717) is 10.9 Å². The Kier molecular flexibility index (Phi) is 4.00. The molecular formula is C9H9ClN2O3S3. The van der Waals surface area contributed by atoms with Gasteiger partial charge in [0.2, 0.25) is 5.91 Å². The van der Waals surface area contributed by atoms with Gasteiger partial charge in [0.15, 0.2) is 5.17 Å². The third-order valence-corrected chi connectivity index (χ3v) is 6.22. The molecule has 5 nitrogen and oxygen atoms in total. The lowest BCUT2D eigenvalue weighted by Crippen LogP contribution is -2.29. The van der Waals surface area contributed by atoms with E-state index in [1.807, 2.05) is 0 Å². The van der Waals surface area contributed by atoms with Crippen molar-refractivity contribution < 1.29 is 13.2 Å². The molecule has 0 radical (unpaired) electrons. The van der Waals surface area contributed by atoms with Crippen LogP contribution in [0.2, 0.25) is 4.34 Å². The van der Waals surface area contributed by atoms with E-state index in [1.165, 1.54) is 17.0 Å². The van der Waals surface area contributed by atoms with E-state index in [-0.39, 0.29) is 21.0 Å². The van der Waals surface area contributed by atoms with E-state index in [9.17, 15) is 13.2 Å². The molecule has 1 aromatic heterocycles. The van der Waals surface area contributed by atoms with Crippen LogP contribution < -0.4 is 0 Å². The van der Waals surface area contributed by atoms with E-state index >= 15 is 0 Å². The first-order chi connectivity index (χ1) is 8.44. The Hall–Kier alpha value is -0.570. The largest absolute Gasteiger partial charge is 0.294 e. The molecule has 1 aliphatic rings. The van der Waals surface area contributed by atoms with E-state index < -0.39 is 10.0 Å². The predicted octanol–water partition coefficient (Wildman–Crippen LogP) is 2.04. The molecule has 0 atom stereocenters. The zero-order valence-electron chi connectivity index (χ0n) is 9.29. The number of thiophene rings is 1. The molecule has 9 heteroatoms. The standard InChI is InChI=1S/C9H9ClN2O3S3/c1-2-12-7(13)5-16-9(12)11-18(14,15)8-4-3-6(10)17-8/h3-4H,2,5H2,1H3/b11-9+. The number of sulfonamides is 1. The molecule has 1 fully saturated rings. The first-order valence-corrected chi connectivity index (χ1v) is 8.59. The third kappa shape index (κ3) is 2.71. The lowest BCUT2D eigenvalue weighted by atomic mass is 10.5. The summed E-state index contributed by atoms with van der Waals surface area (Å²) < 4.78 is 28.1. The summed E-state index contributed by atoms with van der Waals surface area (Å²) in [5.74, 6) is 0.105. The SMILES string of the molecule is CCN1C(=O)CS/C1=N/S(=O)(=O)c1ccc(Cl)s1. The fourth-order valence-corrected chi connectivity index (χ4v) is 5.01. The highest BCUT2D eigenvalue weighted by Gasteiger charge is 2.29. The number of halogens is 1. The number of amidine groups is 1. The Morgan fingerprint density at radius 2 is 2.22 bits per heavy atom. The molecular weight excluding hydrogens is 316 g/mol. The van der Waals surface area contributed by atoms with Gasteiger partial charge in [-0.1, -0.05) is 23.4 Å². The van der Waals surface area contributed by atoms with Gasteiger partial charge < -0.3 is 0 Å². The predicted molar refractivity (Wildman–Crippen MR) is 73.8 cm³/mol. The molecule has 1 aliphatic heterocycles. The highest BCUT2D eigenvalue weighted by Crippen LogP contribution is 2.29. The minimum absolute atomic E-state index is 0.0796. The van der Waals surface area contributed by atoms with E-state index in [0.717, 1.165) is 23.1 Å². The van der Waals surface area contributed by atoms with Crippen molar-refractivity contribution in [3.63, 3.8) is 0 Å². The smallest absolute Gasteiger partial charge is 0.290 e. The molecule has 2 rings (SSSR count). The highest BCUT2D eigenvalue weighted by molar-refractivity contribution is 8.15. The molecule has 0 saturated carbocycles. The van der Waals surface area contributed by atoms with Crippen molar-refractivity contribution in [3.8, 4) is 0 Å². The molecule has 1 amide bonds. The molecule has 1 saturated heterocycles. The van der Waals surface area contributed by atoms with Crippen LogP contribution in [0.15, 0.2) is 20.7 Å². The van der Waals surface area contributed by atoms with Gasteiger partial charge >= 0.3 is 0 Å². The summed E-state index contributed by atoms with van der Waals surface area (Å²) in [6.45, 7) is 2.18. The fourth-order valence-electron chi connectivity index (χ4n) is 1.36. The zero-order valence-corrected chi connectivity index (χ0v) is 12.5. The minimum atomic E-state index is -3.78. The first-order valence-electron chi connectivity index (χ1n) is 4.97. The van der Waals surface area contributed by atoms with Gasteiger partial charge in [-0.3, -0.25) is 9.69 Å². The number of carbonyl (C=O) groups is 1. The second-order valence-corrected chi connectivity index (χ2v) is 7.82. The summed E-state index contributed by atoms with van der Waals surface area (Å²) in [4.78, 5) is 12.8. The number of hydrogen-bond acceptors (Lipinski definition) is 5. The number of carbonyl (C=O) groups excluding carboxylic acids is 1. The Morgan fingerprint density at radius 1 is 1.50 bits per heavy atom. The number of rotatable bonds is 3. The maximum absolute atomic E-state index is 12.0. The number of amides is 1. The van der Waals surface area contributed by atoms with Gasteiger partial charge in [0.05, 0.1) is 10.1 Å². The molecule has 0 spiro atoms. The maximum atomic E-state index is 12.0. The molecule has 0 N–H and O–H groups in total. The van der Waals surface area contributed by atoms with Crippen molar-refractivity contribution in [1.82, 2.24) is 4.90 Å². The Labute approximate surface area is 118 Å². The molecule has 2 heterocycles. The average Bonchev–Trinajstić information content (AvgIpc) is 2.86. The quantitative estimate of drug-likeness (QED) is 0.853. The minimum Gasteiger partial charge on any atom is -0.290 e. The first kappa shape index (κ1) is 13.9. The van der Waals surface area contributed by atoms with Gasteiger partial charge in [0, 0.05) is 6.54 Å². The van der Waals surface area contributed by atoms with Crippen LogP contribution >= 0.6 is 34.7 Å². The van der Waals surface area contributed by atoms with Gasteiger partial charge in [0.1, 0.15) is 4.21 Å². The monoisotopic (exact) mass is 324 g/mol. The van der Waals surface area contributed by atoms with Crippen molar-refractivity contribution >= 4 is 55.8 Å². The maximum Gasteiger partial charge on any atom is 0.294 e. The van der Waals surface area contributed by atoms with Crippen LogP contribution in [0, 0.1) is 0 Å². The summed E-state index contributed by atoms with van der Waals surface area (Å²) in [6, 6.07) is 2.91. The van der Waals surface area contributed by atoms with Crippen LogP contribution in [0.25, 0.3) is 0 Å². The molecule has 0 unspecified atom stereocenters. The van der Waals surface area contributed by atoms with Crippen LogP contribution in [0.3, 0.4) is 0 Å². The second kappa shape index (κ2) is 5.20. The van der Waals surface area contributed by atoms with Gasteiger partial charge in [-0.25, -0.2) is 0 Å². The normalized spacial score (nSPS) is 18.9. The Morgan fingerprint density at radius 3 is 2.78 bits per heavy atom. The summed E-state index contributed by atoms with van der Waals surface area (Å²) in [7, 11) is -3.78. The second-order valence-electron chi connectivity index (χ2n) is 3.33. The van der Waals surface area contributed by atoms with Crippen LogP contribution in [0.1, 0.15) is 6.92 Å². The number of hydrogen-bond donors (Lipinski definition) is 0. The molecule has 0 aliphatic carbocycles. The molecule has 1 aromatic rings. The van der Waals surface area contributed by atoms with Crippen LogP contribution in [-0.2, 0) is 14.8 Å². The molecule has 18 heavy (non-hydrogen) atoms. The summed E-state index contributed by atoms with van der Waals surface area (Å²) >= 11 is 7.77. The van der Waals surface area contributed by atoms with Crippen LogP contribution in [0.5, 0.6) is 0 Å². The zero-order chi connectivity index (χ0) is 13.3. The van der Waals surface area contributed by atoms with Crippen molar-refractivity contribution in [3.05, 3.63) is 16.5 Å². The van der Waals surface area contributed by atoms with Crippen molar-refractivity contribution in [1.29, 1.82) is 0 Å². The van der Waals surface area contributed by atoms with Crippen molar-refractivity contribution in [2.45, 2.75) is 11.1 Å². The number of nitrogens with zero attached hydrogens (tertiary/aromatic N) is 2. The Balaban J connectivity index is 2.35. The van der Waals surface area contributed by atoms with Crippen LogP contribution in [0.4, 0.5) is 0 Å². The van der Waals surface area contributed by atoms with E-state index in [2.05, 4.69) is 4.40 Å². The lowest BCUT2D eigenvalue weighted by Gasteiger charge is -2.11. The fraction of sp³-hybridized carbons (Fsp3) is 0.333. The highest BCUT2D eigenvalue weighted by atomic mass is 35.5. The lowest BCUT2D eigenvalue weighted by molar-refractivity contribution is -0.123. The van der Waals surface area contributed by atoms with Gasteiger partial charge in [-0.15, -0.1) is 15.7 Å². The topological polar surface area (TPSA) is 66.8 Å².